The van der Waals surface area contributed by atoms with Crippen LogP contribution in [-0.4, -0.2) is 48.5 Å². The lowest BCUT2D eigenvalue weighted by Crippen LogP contribution is -2.54. The minimum atomic E-state index is -0.977. The molecule has 0 fully saturated rings. The van der Waals surface area contributed by atoms with Gasteiger partial charge in [-0.2, -0.15) is 0 Å². The molecule has 0 aliphatic rings. The van der Waals surface area contributed by atoms with E-state index in [2.05, 4.69) is 45.6 Å². The van der Waals surface area contributed by atoms with Gasteiger partial charge in [-0.1, -0.05) is 26.0 Å². The van der Waals surface area contributed by atoms with Gasteiger partial charge < -0.3 is 36.3 Å². The lowest BCUT2D eigenvalue weighted by Gasteiger charge is -2.25. The van der Waals surface area contributed by atoms with E-state index >= 15 is 0 Å². The number of benzene rings is 1. The Bertz CT molecular complexity index is 1060. The maximum atomic E-state index is 13.1. The highest BCUT2D eigenvalue weighted by molar-refractivity contribution is 7.31. The van der Waals surface area contributed by atoms with Gasteiger partial charge in [0.15, 0.2) is 0 Å². The molecule has 0 spiro atoms. The minimum Gasteiger partial charge on any atom is -0.429 e. The Balaban J connectivity index is 2.88. The smallest absolute Gasteiger partial charge is 0.429 e. The maximum absolute atomic E-state index is 13.1. The predicted octanol–water partition coefficient (Wildman–Crippen LogP) is 2.60. The third kappa shape index (κ3) is 14.1. The van der Waals surface area contributed by atoms with Crippen LogP contribution in [0.25, 0.3) is 0 Å². The second kappa shape index (κ2) is 18.5. The van der Waals surface area contributed by atoms with Gasteiger partial charge in [-0.05, 0) is 45.8 Å². The van der Waals surface area contributed by atoms with Gasteiger partial charge in [0, 0.05) is 25.1 Å². The number of terminal acetylenes is 1. The van der Waals surface area contributed by atoms with E-state index in [9.17, 15) is 24.0 Å². The Morgan fingerprint density at radius 3 is 2.41 bits per heavy atom. The van der Waals surface area contributed by atoms with Crippen LogP contribution in [0.3, 0.4) is 0 Å². The van der Waals surface area contributed by atoms with Crippen LogP contribution in [0, 0.1) is 18.3 Å². The van der Waals surface area contributed by atoms with Crippen LogP contribution < -0.4 is 27.0 Å². The van der Waals surface area contributed by atoms with Gasteiger partial charge >= 0.3 is 12.2 Å². The molecule has 0 bridgehead atoms. The summed E-state index contributed by atoms with van der Waals surface area (Å²) in [6.45, 7) is 3.68. The molecular formula is C24H34N6O7P2. The molecule has 0 saturated carbocycles. The molecule has 0 heterocycles. The van der Waals surface area contributed by atoms with Gasteiger partial charge in [0.1, 0.15) is 18.7 Å². The SMILES string of the molecule is C#CCCC(=O)N[C@H](C(=O)N[C@@H](CCCNC(N)=O)C(=O)Nc1ccc(COC(=O)OP=NP)cc1)C(C)C. The molecule has 39 heavy (non-hydrogen) atoms. The van der Waals surface area contributed by atoms with Gasteiger partial charge in [0.2, 0.25) is 17.7 Å². The van der Waals surface area contributed by atoms with Crippen LogP contribution >= 0.6 is 18.0 Å². The van der Waals surface area contributed by atoms with Crippen LogP contribution in [0.4, 0.5) is 15.3 Å². The first kappa shape index (κ1) is 33.3. The first-order valence-corrected chi connectivity index (χ1v) is 13.3. The van der Waals surface area contributed by atoms with E-state index in [1.165, 1.54) is 0 Å². The topological polar surface area (TPSA) is 190 Å². The number of carbonyl (C=O) groups excluding carboxylic acids is 5. The summed E-state index contributed by atoms with van der Waals surface area (Å²) in [5, 5.41) is 10.5. The van der Waals surface area contributed by atoms with Crippen molar-refractivity contribution in [1.29, 1.82) is 0 Å². The lowest BCUT2D eigenvalue weighted by atomic mass is 10.0. The predicted molar refractivity (Wildman–Crippen MR) is 149 cm³/mol. The van der Waals surface area contributed by atoms with Crippen molar-refractivity contribution in [2.45, 2.75) is 58.2 Å². The standard InChI is InChI=1S/C24H34N6O7P2/c1-4-5-8-19(31)29-20(15(2)3)22(33)28-18(7-6-13-26-23(25)34)21(32)27-17-11-9-16(10-12-17)14-36-24(35)37-39-30-38/h1,9-12,15,18,20H,5-8,13-14,38H2,2-3H3,(H,27,32)(H,28,33)(H,29,31)(H3,25,26,34)/t18-,20-/m0/s1. The van der Waals surface area contributed by atoms with Crippen molar-refractivity contribution in [2.24, 2.45) is 16.2 Å². The number of carbonyl (C=O) groups is 5. The van der Waals surface area contributed by atoms with Crippen molar-refractivity contribution in [1.82, 2.24) is 16.0 Å². The van der Waals surface area contributed by atoms with E-state index in [0.717, 1.165) is 0 Å². The summed E-state index contributed by atoms with van der Waals surface area (Å²) in [7, 11) is 2.15. The van der Waals surface area contributed by atoms with Gasteiger partial charge in [0.05, 0.1) is 0 Å². The Labute approximate surface area is 231 Å². The molecule has 15 heteroatoms. The summed E-state index contributed by atoms with van der Waals surface area (Å²) >= 11 is 0. The molecule has 6 N–H and O–H groups in total. The molecule has 0 aliphatic carbocycles. The van der Waals surface area contributed by atoms with Crippen LogP contribution in [-0.2, 0) is 30.3 Å². The maximum Gasteiger partial charge on any atom is 0.518 e. The van der Waals surface area contributed by atoms with Crippen molar-refractivity contribution >= 4 is 53.6 Å². The molecule has 0 aromatic heterocycles. The fourth-order valence-corrected chi connectivity index (χ4v) is 3.46. The molecule has 3 atom stereocenters. The molecule has 0 radical (unpaired) electrons. The number of anilines is 1. The van der Waals surface area contributed by atoms with Crippen molar-refractivity contribution in [2.75, 3.05) is 11.9 Å². The van der Waals surface area contributed by atoms with E-state index in [1.807, 2.05) is 0 Å². The zero-order chi connectivity index (χ0) is 29.2. The summed E-state index contributed by atoms with van der Waals surface area (Å²) in [5.74, 6) is 0.707. The molecule has 0 saturated heterocycles. The van der Waals surface area contributed by atoms with Gasteiger partial charge in [-0.15, -0.1) is 12.3 Å². The quantitative estimate of drug-likeness (QED) is 0.0911. The molecule has 1 aromatic rings. The number of amides is 5. The lowest BCUT2D eigenvalue weighted by molar-refractivity contribution is -0.132. The third-order valence-electron chi connectivity index (χ3n) is 5.10. The largest absolute Gasteiger partial charge is 0.518 e. The molecule has 1 rings (SSSR count). The number of hydrogen-bond acceptors (Lipinski definition) is 8. The van der Waals surface area contributed by atoms with Crippen molar-refractivity contribution in [3.8, 4) is 12.3 Å². The zero-order valence-electron chi connectivity index (χ0n) is 21.8. The zero-order valence-corrected chi connectivity index (χ0v) is 23.8. The molecule has 1 aromatic carbocycles. The first-order valence-electron chi connectivity index (χ1n) is 12.0. The molecule has 5 amide bonds. The number of nitrogens with one attached hydrogen (secondary N) is 4. The molecule has 0 aliphatic heterocycles. The van der Waals surface area contributed by atoms with Crippen molar-refractivity contribution in [3.63, 3.8) is 0 Å². The van der Waals surface area contributed by atoms with Crippen molar-refractivity contribution < 1.29 is 33.2 Å². The van der Waals surface area contributed by atoms with Crippen LogP contribution in [0.15, 0.2) is 28.8 Å². The summed E-state index contributed by atoms with van der Waals surface area (Å²) in [6, 6.07) is 3.94. The van der Waals surface area contributed by atoms with E-state index in [4.69, 9.17) is 16.9 Å². The number of rotatable bonds is 15. The highest BCUT2D eigenvalue weighted by Crippen LogP contribution is 2.14. The van der Waals surface area contributed by atoms with E-state index < -0.39 is 36.1 Å². The average Bonchev–Trinajstić information content (AvgIpc) is 2.90. The second-order valence-electron chi connectivity index (χ2n) is 8.50. The molecular weight excluding hydrogens is 546 g/mol. The van der Waals surface area contributed by atoms with E-state index in [1.54, 1.807) is 38.1 Å². The van der Waals surface area contributed by atoms with E-state index in [-0.39, 0.29) is 52.8 Å². The normalized spacial score (nSPS) is 12.1. The summed E-state index contributed by atoms with van der Waals surface area (Å²) in [6.07, 6.45) is 5.16. The molecule has 13 nitrogen and oxygen atoms in total. The van der Waals surface area contributed by atoms with E-state index in [0.29, 0.717) is 17.7 Å². The third-order valence-corrected chi connectivity index (χ3v) is 5.71. The number of primary amides is 1. The Kier molecular flexibility index (Phi) is 15.8. The number of nitrogens with zero attached hydrogens (tertiary/aromatic N) is 1. The fourth-order valence-electron chi connectivity index (χ4n) is 3.15. The van der Waals surface area contributed by atoms with Crippen LogP contribution in [0.1, 0.15) is 45.1 Å². The molecule has 212 valence electrons. The summed E-state index contributed by atoms with van der Waals surface area (Å²) in [4.78, 5) is 60.7. The van der Waals surface area contributed by atoms with Crippen molar-refractivity contribution in [3.05, 3.63) is 29.8 Å². The van der Waals surface area contributed by atoms with Gasteiger partial charge in [0.25, 0.3) is 8.60 Å². The van der Waals surface area contributed by atoms with Crippen LogP contribution in [0.5, 0.6) is 0 Å². The highest BCUT2D eigenvalue weighted by Gasteiger charge is 2.28. The number of hydrogen-bond donors (Lipinski definition) is 5. The van der Waals surface area contributed by atoms with Gasteiger partial charge in [-0.3, -0.25) is 14.4 Å². The fraction of sp³-hybridized carbons (Fsp3) is 0.458. The summed E-state index contributed by atoms with van der Waals surface area (Å²) < 4.78 is 13.1. The number of urea groups is 1. The van der Waals surface area contributed by atoms with Gasteiger partial charge in [-0.25, -0.2) is 14.1 Å². The summed E-state index contributed by atoms with van der Waals surface area (Å²) in [5.41, 5.74) is 6.17. The first-order chi connectivity index (χ1) is 18.6. The van der Waals surface area contributed by atoms with Crippen LogP contribution in [0.2, 0.25) is 0 Å². The number of nitrogens with two attached hydrogens (primary N) is 1. The molecule has 1 unspecified atom stereocenters. The second-order valence-corrected chi connectivity index (χ2v) is 9.77. The average molecular weight is 581 g/mol. The Morgan fingerprint density at radius 1 is 1.13 bits per heavy atom. The Hall–Kier alpha value is -3.74. The monoisotopic (exact) mass is 580 g/mol. The number of ether oxygens (including phenoxy) is 1. The minimum absolute atomic E-state index is 0.0470. The highest BCUT2D eigenvalue weighted by atomic mass is 31.1. The Morgan fingerprint density at radius 2 is 1.82 bits per heavy atom.